The van der Waals surface area contributed by atoms with Crippen molar-refractivity contribution >= 4 is 5.84 Å². The van der Waals surface area contributed by atoms with Crippen LogP contribution in [0.4, 0.5) is 4.39 Å². The maximum Gasteiger partial charge on any atom is 0.250 e. The van der Waals surface area contributed by atoms with E-state index in [0.29, 0.717) is 48.0 Å². The molecule has 1 atom stereocenters. The van der Waals surface area contributed by atoms with Crippen LogP contribution < -0.4 is 10.1 Å². The summed E-state index contributed by atoms with van der Waals surface area (Å²) in [7, 11) is 0. The molecule has 3 aromatic rings. The van der Waals surface area contributed by atoms with Crippen molar-refractivity contribution < 1.29 is 14.0 Å². The number of oxime groups is 1. The summed E-state index contributed by atoms with van der Waals surface area (Å²) in [5.41, 5.74) is 4.55. The Morgan fingerprint density at radius 1 is 1.09 bits per heavy atom. The molecule has 7 heteroatoms. The second-order valence-electron chi connectivity index (χ2n) is 9.01. The molecule has 0 saturated heterocycles. The molecular formula is C26H27FN4O2. The summed E-state index contributed by atoms with van der Waals surface area (Å²) in [6, 6.07) is 15.5. The van der Waals surface area contributed by atoms with Crippen LogP contribution in [0.3, 0.4) is 0 Å². The second-order valence-corrected chi connectivity index (χ2v) is 9.01. The number of nitrogens with one attached hydrogen (secondary N) is 1. The Morgan fingerprint density at radius 3 is 2.73 bits per heavy atom. The molecule has 0 amide bonds. The molecule has 1 aliphatic carbocycles. The first-order valence-corrected chi connectivity index (χ1v) is 11.2. The van der Waals surface area contributed by atoms with Gasteiger partial charge in [0.05, 0.1) is 17.3 Å². The number of amidine groups is 1. The molecule has 33 heavy (non-hydrogen) atoms. The fourth-order valence-electron chi connectivity index (χ4n) is 4.10. The van der Waals surface area contributed by atoms with Gasteiger partial charge in [0, 0.05) is 0 Å². The minimum atomic E-state index is -1.23. The van der Waals surface area contributed by atoms with Gasteiger partial charge in [-0.2, -0.15) is 5.10 Å². The second kappa shape index (κ2) is 8.46. The first-order valence-electron chi connectivity index (χ1n) is 11.2. The molecule has 1 aliphatic heterocycles. The van der Waals surface area contributed by atoms with Crippen LogP contribution in [0.2, 0.25) is 0 Å². The number of alkyl halides is 1. The molecule has 6 nitrogen and oxygen atoms in total. The number of hydrogen-bond acceptors (Lipinski definition) is 6. The number of halogens is 1. The van der Waals surface area contributed by atoms with E-state index in [1.54, 1.807) is 24.3 Å². The van der Waals surface area contributed by atoms with Gasteiger partial charge in [-0.25, -0.2) is 4.39 Å². The molecule has 0 bridgehead atoms. The number of aryl methyl sites for hydroxylation is 3. The third-order valence-electron chi connectivity index (χ3n) is 6.13. The van der Waals surface area contributed by atoms with E-state index in [9.17, 15) is 4.39 Å². The monoisotopic (exact) mass is 446 g/mol. The molecule has 1 saturated carbocycles. The van der Waals surface area contributed by atoms with E-state index in [4.69, 9.17) is 9.57 Å². The zero-order chi connectivity index (χ0) is 23.0. The van der Waals surface area contributed by atoms with Gasteiger partial charge in [-0.15, -0.1) is 5.10 Å². The van der Waals surface area contributed by atoms with Gasteiger partial charge in [0.15, 0.2) is 5.84 Å². The maximum absolute atomic E-state index is 14.5. The van der Waals surface area contributed by atoms with Crippen LogP contribution in [0.5, 0.6) is 11.6 Å². The molecule has 5 rings (SSSR count). The molecular weight excluding hydrogens is 419 g/mol. The Kier molecular flexibility index (Phi) is 5.48. The number of hydrogen-bond donors (Lipinski definition) is 1. The first kappa shape index (κ1) is 21.4. The summed E-state index contributed by atoms with van der Waals surface area (Å²) >= 11 is 0. The van der Waals surface area contributed by atoms with Gasteiger partial charge in [0.25, 0.3) is 0 Å². The van der Waals surface area contributed by atoms with Crippen LogP contribution in [0.25, 0.3) is 0 Å². The van der Waals surface area contributed by atoms with Gasteiger partial charge < -0.3 is 14.9 Å². The highest BCUT2D eigenvalue weighted by molar-refractivity contribution is 6.00. The Labute approximate surface area is 192 Å². The van der Waals surface area contributed by atoms with Crippen molar-refractivity contribution in [1.82, 2.24) is 15.5 Å². The highest BCUT2D eigenvalue weighted by Gasteiger charge is 2.45. The third-order valence-corrected chi connectivity index (χ3v) is 6.13. The maximum atomic E-state index is 14.5. The van der Waals surface area contributed by atoms with Crippen molar-refractivity contribution in [1.29, 1.82) is 0 Å². The molecule has 0 unspecified atom stereocenters. The van der Waals surface area contributed by atoms with Gasteiger partial charge >= 0.3 is 0 Å². The van der Waals surface area contributed by atoms with E-state index < -0.39 is 5.67 Å². The van der Waals surface area contributed by atoms with E-state index >= 15 is 0 Å². The number of ether oxygens (including phenoxy) is 1. The molecule has 170 valence electrons. The highest BCUT2D eigenvalue weighted by Crippen LogP contribution is 2.50. The minimum Gasteiger partial charge on any atom is -0.437 e. The van der Waals surface area contributed by atoms with Crippen LogP contribution in [-0.2, 0) is 16.9 Å². The molecule has 2 aromatic carbocycles. The van der Waals surface area contributed by atoms with Crippen molar-refractivity contribution in [3.63, 3.8) is 0 Å². The van der Waals surface area contributed by atoms with Gasteiger partial charge in [0.2, 0.25) is 5.88 Å². The zero-order valence-electron chi connectivity index (χ0n) is 19.1. The molecule has 2 aliphatic rings. The highest BCUT2D eigenvalue weighted by atomic mass is 19.1. The number of aromatic nitrogens is 2. The normalized spacial score (nSPS) is 18.7. The van der Waals surface area contributed by atoms with E-state index in [1.807, 2.05) is 13.0 Å². The Balaban J connectivity index is 1.38. The number of rotatable bonds is 6. The fourth-order valence-corrected chi connectivity index (χ4v) is 4.10. The molecule has 1 fully saturated rings. The molecule has 2 heterocycles. The molecule has 1 aromatic heterocycles. The van der Waals surface area contributed by atoms with Gasteiger partial charge in [-0.3, -0.25) is 0 Å². The van der Waals surface area contributed by atoms with Crippen molar-refractivity contribution in [3.05, 3.63) is 82.0 Å². The fraction of sp³-hybridized carbons (Fsp3) is 0.346. The lowest BCUT2D eigenvalue weighted by molar-refractivity contribution is 0.109. The summed E-state index contributed by atoms with van der Waals surface area (Å²) in [5.74, 6) is 1.35. The number of benzene rings is 2. The van der Waals surface area contributed by atoms with Crippen LogP contribution in [-0.4, -0.2) is 28.7 Å². The lowest BCUT2D eigenvalue weighted by atomic mass is 9.99. The third kappa shape index (κ3) is 4.67. The van der Waals surface area contributed by atoms with Crippen LogP contribution in [0.1, 0.15) is 46.4 Å². The predicted molar refractivity (Wildman–Crippen MR) is 124 cm³/mol. The summed E-state index contributed by atoms with van der Waals surface area (Å²) in [6.45, 7) is 6.54. The quantitative estimate of drug-likeness (QED) is 0.574. The van der Waals surface area contributed by atoms with E-state index in [1.165, 1.54) is 16.7 Å². The Hall–Kier alpha value is -3.48. The molecule has 0 radical (unpaired) electrons. The van der Waals surface area contributed by atoms with Crippen molar-refractivity contribution in [2.45, 2.75) is 51.7 Å². The van der Waals surface area contributed by atoms with E-state index in [-0.39, 0.29) is 6.04 Å². The van der Waals surface area contributed by atoms with Gasteiger partial charge in [-0.05, 0) is 74.9 Å². The van der Waals surface area contributed by atoms with E-state index in [0.717, 1.165) is 12.1 Å². The van der Waals surface area contributed by atoms with Crippen molar-refractivity contribution in [3.8, 4) is 11.6 Å². The van der Waals surface area contributed by atoms with Crippen LogP contribution in [0.15, 0.2) is 53.7 Å². The zero-order valence-corrected chi connectivity index (χ0v) is 19.1. The predicted octanol–water partition coefficient (Wildman–Crippen LogP) is 5.05. The summed E-state index contributed by atoms with van der Waals surface area (Å²) in [6.07, 6.45) is 1.90. The smallest absolute Gasteiger partial charge is 0.250 e. The topological polar surface area (TPSA) is 68.6 Å². The summed E-state index contributed by atoms with van der Waals surface area (Å²) in [4.78, 5) is 5.57. The number of nitrogens with zero attached hydrogens (tertiary/aromatic N) is 3. The lowest BCUT2D eigenvalue weighted by Crippen LogP contribution is -2.43. The first-order chi connectivity index (χ1) is 15.9. The lowest BCUT2D eigenvalue weighted by Gasteiger charge is -2.25. The molecule has 1 N–H and O–H groups in total. The summed E-state index contributed by atoms with van der Waals surface area (Å²) < 4.78 is 20.6. The Bertz CT molecular complexity index is 1220. The van der Waals surface area contributed by atoms with Gasteiger partial charge in [-0.1, -0.05) is 41.1 Å². The Morgan fingerprint density at radius 2 is 1.94 bits per heavy atom. The average molecular weight is 447 g/mol. The average Bonchev–Trinajstić information content (AvgIpc) is 3.56. The SMILES string of the molecule is Cc1ccc(C[C@@H]2CON=C(c3cc(C)nnc3Oc3cccc(C4(F)CC4)c3)N2)c(C)c1. The van der Waals surface area contributed by atoms with Crippen molar-refractivity contribution in [2.75, 3.05) is 6.61 Å². The van der Waals surface area contributed by atoms with Gasteiger partial charge in [0.1, 0.15) is 18.0 Å². The van der Waals surface area contributed by atoms with Crippen LogP contribution >= 0.6 is 0 Å². The summed E-state index contributed by atoms with van der Waals surface area (Å²) in [5, 5.41) is 16.1. The standard InChI is InChI=1S/C26H27FN4O2/c1-16-7-8-19(17(2)11-16)13-21-15-32-31-24(28-21)23-12-18(3)29-30-25(23)33-22-6-4-5-20(14-22)26(27)9-10-26/h4-8,11-12,14,21H,9-10,13,15H2,1-3H3,(H,28,31)/t21-/m1/s1. The largest absolute Gasteiger partial charge is 0.437 e. The minimum absolute atomic E-state index is 0.0461. The van der Waals surface area contributed by atoms with Crippen molar-refractivity contribution in [2.24, 2.45) is 5.16 Å². The molecule has 0 spiro atoms. The van der Waals surface area contributed by atoms with E-state index in [2.05, 4.69) is 52.7 Å². The van der Waals surface area contributed by atoms with Crippen LogP contribution in [0, 0.1) is 20.8 Å².